The normalized spacial score (nSPS) is 11.1. The topological polar surface area (TPSA) is 80.4 Å². The van der Waals surface area contributed by atoms with E-state index >= 15 is 0 Å². The second-order valence-electron chi connectivity index (χ2n) is 5.19. The zero-order chi connectivity index (χ0) is 17.1. The molecular formula is C17H13BrN4O2. The lowest BCUT2D eigenvalue weighted by Gasteiger charge is -2.07. The van der Waals surface area contributed by atoms with Gasteiger partial charge in [-0.15, -0.1) is 0 Å². The third kappa shape index (κ3) is 3.57. The summed E-state index contributed by atoms with van der Waals surface area (Å²) in [6.45, 7) is 1.91. The summed E-state index contributed by atoms with van der Waals surface area (Å²) in [7, 11) is 0. The van der Waals surface area contributed by atoms with E-state index in [2.05, 4.69) is 31.4 Å². The number of hydrazone groups is 1. The predicted molar refractivity (Wildman–Crippen MR) is 98.5 cm³/mol. The largest absolute Gasteiger partial charge is 0.278 e. The Morgan fingerprint density at radius 2 is 2.08 bits per heavy atom. The van der Waals surface area contributed by atoms with E-state index in [1.54, 1.807) is 18.3 Å². The van der Waals surface area contributed by atoms with E-state index in [4.69, 9.17) is 0 Å². The molecule has 1 aromatic heterocycles. The molecule has 0 aliphatic carbocycles. The van der Waals surface area contributed by atoms with Crippen LogP contribution in [0.15, 0.2) is 58.1 Å². The van der Waals surface area contributed by atoms with Gasteiger partial charge >= 0.3 is 0 Å². The van der Waals surface area contributed by atoms with Gasteiger partial charge in [0.15, 0.2) is 0 Å². The number of nitro benzene ring substituents is 1. The molecule has 0 atom stereocenters. The first-order valence-corrected chi connectivity index (χ1v) is 7.93. The van der Waals surface area contributed by atoms with Crippen LogP contribution in [0, 0.1) is 17.0 Å². The van der Waals surface area contributed by atoms with E-state index in [1.165, 1.54) is 12.1 Å². The van der Waals surface area contributed by atoms with Crippen molar-refractivity contribution in [3.8, 4) is 0 Å². The van der Waals surface area contributed by atoms with Crippen molar-refractivity contribution >= 4 is 44.4 Å². The van der Waals surface area contributed by atoms with Crippen LogP contribution >= 0.6 is 15.9 Å². The van der Waals surface area contributed by atoms with Crippen molar-refractivity contribution in [3.63, 3.8) is 0 Å². The molecule has 3 aromatic rings. The van der Waals surface area contributed by atoms with Crippen LogP contribution in [0.3, 0.4) is 0 Å². The van der Waals surface area contributed by atoms with Gasteiger partial charge in [0, 0.05) is 33.2 Å². The van der Waals surface area contributed by atoms with Crippen molar-refractivity contribution < 1.29 is 4.92 Å². The standard InChI is InChI=1S/C17H13BrN4O2/c1-11-7-17(15-9-13(18)5-6-16(15)20-11)21-19-10-12-3-2-4-14(8-12)22(23)24/h2-10H,1H3,(H,20,21)/b19-10+. The highest BCUT2D eigenvalue weighted by Gasteiger charge is 2.05. The Kier molecular flexibility index (Phi) is 4.52. The Morgan fingerprint density at radius 3 is 2.88 bits per heavy atom. The van der Waals surface area contributed by atoms with Crippen LogP contribution in [-0.4, -0.2) is 16.1 Å². The van der Waals surface area contributed by atoms with Crippen LogP contribution in [0.25, 0.3) is 10.9 Å². The SMILES string of the molecule is Cc1cc(N/N=C/c2cccc([N+](=O)[O-])c2)c2cc(Br)ccc2n1. The van der Waals surface area contributed by atoms with E-state index in [0.717, 1.165) is 26.8 Å². The van der Waals surface area contributed by atoms with Crippen LogP contribution in [-0.2, 0) is 0 Å². The summed E-state index contributed by atoms with van der Waals surface area (Å²) >= 11 is 3.45. The molecule has 0 spiro atoms. The minimum atomic E-state index is -0.429. The molecule has 0 saturated carbocycles. The lowest BCUT2D eigenvalue weighted by Crippen LogP contribution is -1.95. The number of hydrogen-bond acceptors (Lipinski definition) is 5. The maximum absolute atomic E-state index is 10.8. The average molecular weight is 385 g/mol. The van der Waals surface area contributed by atoms with E-state index in [9.17, 15) is 10.1 Å². The number of anilines is 1. The number of fused-ring (bicyclic) bond motifs is 1. The summed E-state index contributed by atoms with van der Waals surface area (Å²) in [6.07, 6.45) is 1.55. The zero-order valence-corrected chi connectivity index (χ0v) is 14.3. The molecule has 6 nitrogen and oxygen atoms in total. The molecule has 0 fully saturated rings. The van der Waals surface area contributed by atoms with Crippen molar-refractivity contribution in [3.05, 3.63) is 74.4 Å². The van der Waals surface area contributed by atoms with Crippen molar-refractivity contribution in [2.45, 2.75) is 6.92 Å². The number of pyridine rings is 1. The Bertz CT molecular complexity index is 956. The maximum atomic E-state index is 10.8. The lowest BCUT2D eigenvalue weighted by atomic mass is 10.1. The van der Waals surface area contributed by atoms with Gasteiger partial charge in [0.25, 0.3) is 5.69 Å². The molecule has 1 heterocycles. The van der Waals surface area contributed by atoms with E-state index in [-0.39, 0.29) is 5.69 Å². The molecular weight excluding hydrogens is 372 g/mol. The highest BCUT2D eigenvalue weighted by atomic mass is 79.9. The fourth-order valence-electron chi connectivity index (χ4n) is 2.32. The number of rotatable bonds is 4. The van der Waals surface area contributed by atoms with Gasteiger partial charge in [-0.05, 0) is 31.2 Å². The van der Waals surface area contributed by atoms with Crippen molar-refractivity contribution in [2.24, 2.45) is 5.10 Å². The fraction of sp³-hybridized carbons (Fsp3) is 0.0588. The lowest BCUT2D eigenvalue weighted by molar-refractivity contribution is -0.384. The van der Waals surface area contributed by atoms with Gasteiger partial charge in [0.05, 0.1) is 22.3 Å². The van der Waals surface area contributed by atoms with E-state index < -0.39 is 4.92 Å². The number of benzene rings is 2. The number of hydrogen-bond donors (Lipinski definition) is 1. The molecule has 0 unspecified atom stereocenters. The summed E-state index contributed by atoms with van der Waals surface area (Å²) in [6, 6.07) is 14.0. The van der Waals surface area contributed by atoms with Gasteiger partial charge in [-0.25, -0.2) is 0 Å². The molecule has 0 amide bonds. The monoisotopic (exact) mass is 384 g/mol. The number of nitrogens with one attached hydrogen (secondary N) is 1. The van der Waals surface area contributed by atoms with Crippen LogP contribution in [0.4, 0.5) is 11.4 Å². The number of nitrogens with zero attached hydrogens (tertiary/aromatic N) is 3. The van der Waals surface area contributed by atoms with Gasteiger partial charge < -0.3 is 0 Å². The number of nitro groups is 1. The molecule has 24 heavy (non-hydrogen) atoms. The molecule has 1 N–H and O–H groups in total. The van der Waals surface area contributed by atoms with Crippen molar-refractivity contribution in [2.75, 3.05) is 5.43 Å². The Hall–Kier alpha value is -2.80. The van der Waals surface area contributed by atoms with Gasteiger partial charge in [-0.1, -0.05) is 28.1 Å². The van der Waals surface area contributed by atoms with Crippen LogP contribution < -0.4 is 5.43 Å². The molecule has 0 radical (unpaired) electrons. The van der Waals surface area contributed by atoms with Gasteiger partial charge in [-0.2, -0.15) is 5.10 Å². The molecule has 0 aliphatic heterocycles. The third-order valence-corrected chi connectivity index (χ3v) is 3.87. The first-order valence-electron chi connectivity index (χ1n) is 7.13. The van der Waals surface area contributed by atoms with E-state index in [0.29, 0.717) is 5.56 Å². The second kappa shape index (κ2) is 6.76. The highest BCUT2D eigenvalue weighted by Crippen LogP contribution is 2.26. The van der Waals surface area contributed by atoms with Gasteiger partial charge in [0.1, 0.15) is 0 Å². The third-order valence-electron chi connectivity index (χ3n) is 3.38. The first kappa shape index (κ1) is 16.1. The Morgan fingerprint density at radius 1 is 1.25 bits per heavy atom. The molecule has 0 saturated heterocycles. The van der Waals surface area contributed by atoms with Crippen molar-refractivity contribution in [1.82, 2.24) is 4.98 Å². The highest BCUT2D eigenvalue weighted by molar-refractivity contribution is 9.10. The summed E-state index contributed by atoms with van der Waals surface area (Å²) < 4.78 is 0.950. The summed E-state index contributed by atoms with van der Waals surface area (Å²) in [5, 5.41) is 15.9. The summed E-state index contributed by atoms with van der Waals surface area (Å²) in [5.74, 6) is 0. The molecule has 120 valence electrons. The number of aromatic nitrogens is 1. The van der Waals surface area contributed by atoms with E-state index in [1.807, 2.05) is 31.2 Å². The molecule has 2 aromatic carbocycles. The molecule has 3 rings (SSSR count). The average Bonchev–Trinajstić information content (AvgIpc) is 2.55. The quantitative estimate of drug-likeness (QED) is 0.402. The minimum absolute atomic E-state index is 0.0353. The summed E-state index contributed by atoms with van der Waals surface area (Å²) in [5.41, 5.74) is 6.23. The van der Waals surface area contributed by atoms with Crippen LogP contribution in [0.2, 0.25) is 0 Å². The number of aryl methyl sites for hydroxylation is 1. The minimum Gasteiger partial charge on any atom is -0.278 e. The van der Waals surface area contributed by atoms with Gasteiger partial charge in [-0.3, -0.25) is 20.5 Å². The zero-order valence-electron chi connectivity index (χ0n) is 12.7. The molecule has 7 heteroatoms. The van der Waals surface area contributed by atoms with Crippen molar-refractivity contribution in [1.29, 1.82) is 0 Å². The smallest absolute Gasteiger partial charge is 0.270 e. The maximum Gasteiger partial charge on any atom is 0.270 e. The van der Waals surface area contributed by atoms with Crippen LogP contribution in [0.5, 0.6) is 0 Å². The summed E-state index contributed by atoms with van der Waals surface area (Å²) in [4.78, 5) is 14.9. The fourth-order valence-corrected chi connectivity index (χ4v) is 2.68. The van der Waals surface area contributed by atoms with Gasteiger partial charge in [0.2, 0.25) is 0 Å². The molecule has 0 bridgehead atoms. The first-order chi connectivity index (χ1) is 11.5. The predicted octanol–water partition coefficient (Wildman–Crippen LogP) is 4.66. The number of halogens is 1. The number of non-ortho nitro benzene ring substituents is 1. The van der Waals surface area contributed by atoms with Crippen LogP contribution in [0.1, 0.15) is 11.3 Å². The molecule has 0 aliphatic rings. The Labute approximate surface area is 146 Å². The second-order valence-corrected chi connectivity index (χ2v) is 6.11. The Balaban J connectivity index is 1.89.